The maximum atomic E-state index is 11.7. The van der Waals surface area contributed by atoms with E-state index in [2.05, 4.69) is 10.4 Å². The first kappa shape index (κ1) is 12.6. The Balaban J connectivity index is 2.60. The summed E-state index contributed by atoms with van der Waals surface area (Å²) in [7, 11) is 0. The van der Waals surface area contributed by atoms with Gasteiger partial charge in [0.2, 0.25) is 0 Å². The lowest BCUT2D eigenvalue weighted by atomic mass is 10.1. The molecular formula is C13H12N4O2. The second kappa shape index (κ2) is 4.82. The Labute approximate surface area is 108 Å². The highest BCUT2D eigenvalue weighted by atomic mass is 16.2. The van der Waals surface area contributed by atoms with E-state index in [1.165, 1.54) is 0 Å². The Bertz CT molecular complexity index is 760. The largest absolute Gasteiger partial charge is 0.348 e. The van der Waals surface area contributed by atoms with Gasteiger partial charge in [-0.3, -0.25) is 15.2 Å². The molecule has 0 amide bonds. The van der Waals surface area contributed by atoms with Crippen LogP contribution >= 0.6 is 0 Å². The van der Waals surface area contributed by atoms with Crippen LogP contribution in [-0.4, -0.2) is 9.66 Å². The lowest BCUT2D eigenvalue weighted by molar-refractivity contribution is 0.813. The van der Waals surface area contributed by atoms with Crippen LogP contribution in [0.4, 0.5) is 5.69 Å². The third kappa shape index (κ3) is 2.40. The molecular weight excluding hydrogens is 244 g/mol. The Morgan fingerprint density at radius 1 is 1.26 bits per heavy atom. The summed E-state index contributed by atoms with van der Waals surface area (Å²) in [5.74, 6) is 0. The average molecular weight is 256 g/mol. The summed E-state index contributed by atoms with van der Waals surface area (Å²) in [5, 5.41) is 8.98. The molecule has 0 aliphatic rings. The van der Waals surface area contributed by atoms with Crippen molar-refractivity contribution >= 4 is 5.69 Å². The number of aromatic nitrogens is 2. The summed E-state index contributed by atoms with van der Waals surface area (Å²) in [4.78, 5) is 25.0. The van der Waals surface area contributed by atoms with E-state index < -0.39 is 11.2 Å². The highest BCUT2D eigenvalue weighted by Gasteiger charge is 2.08. The molecule has 0 saturated carbocycles. The molecule has 2 aromatic rings. The number of anilines is 1. The standard InChI is InChI=1S/C13H12N4O2/c1-8-4-3-5-9(2)12(8)16-17-10(7-14)6-11(18)15-13(17)19/h3-6,16H,1-2H3,(H,15,18,19). The molecule has 1 aromatic heterocycles. The zero-order valence-electron chi connectivity index (χ0n) is 10.5. The molecule has 1 aromatic carbocycles. The van der Waals surface area contributed by atoms with Crippen LogP contribution in [0.5, 0.6) is 0 Å². The minimum atomic E-state index is -0.674. The first-order valence-electron chi connectivity index (χ1n) is 5.62. The van der Waals surface area contributed by atoms with Gasteiger partial charge in [0.05, 0.1) is 5.69 Å². The van der Waals surface area contributed by atoms with Crippen molar-refractivity contribution in [3.05, 3.63) is 61.9 Å². The molecule has 2 N–H and O–H groups in total. The smallest absolute Gasteiger partial charge is 0.289 e. The highest BCUT2D eigenvalue weighted by molar-refractivity contribution is 5.56. The fourth-order valence-corrected chi connectivity index (χ4v) is 1.79. The molecule has 0 spiro atoms. The summed E-state index contributed by atoms with van der Waals surface area (Å²) in [6.45, 7) is 3.77. The number of nitriles is 1. The third-order valence-corrected chi connectivity index (χ3v) is 2.76. The predicted octanol–water partition coefficient (Wildman–Crippen LogP) is 0.900. The van der Waals surface area contributed by atoms with E-state index in [0.717, 1.165) is 27.6 Å². The Kier molecular flexibility index (Phi) is 3.21. The molecule has 0 saturated heterocycles. The number of rotatable bonds is 2. The normalized spacial score (nSPS) is 9.95. The van der Waals surface area contributed by atoms with Crippen molar-refractivity contribution in [2.24, 2.45) is 0 Å². The molecule has 6 nitrogen and oxygen atoms in total. The van der Waals surface area contributed by atoms with Crippen molar-refractivity contribution in [3.63, 3.8) is 0 Å². The molecule has 0 radical (unpaired) electrons. The molecule has 96 valence electrons. The van der Waals surface area contributed by atoms with E-state index in [-0.39, 0.29) is 5.69 Å². The molecule has 2 rings (SSSR count). The van der Waals surface area contributed by atoms with Gasteiger partial charge in [-0.25, -0.2) is 4.79 Å². The number of H-pyrrole nitrogens is 1. The zero-order chi connectivity index (χ0) is 14.0. The van der Waals surface area contributed by atoms with Crippen LogP contribution in [0.1, 0.15) is 16.8 Å². The lowest BCUT2D eigenvalue weighted by Gasteiger charge is -2.14. The average Bonchev–Trinajstić information content (AvgIpc) is 2.35. The molecule has 19 heavy (non-hydrogen) atoms. The molecule has 0 atom stereocenters. The van der Waals surface area contributed by atoms with E-state index in [1.54, 1.807) is 0 Å². The minimum absolute atomic E-state index is 0.0450. The van der Waals surface area contributed by atoms with Crippen LogP contribution < -0.4 is 16.7 Å². The van der Waals surface area contributed by atoms with Gasteiger partial charge in [-0.15, -0.1) is 0 Å². The van der Waals surface area contributed by atoms with Crippen LogP contribution in [0.25, 0.3) is 0 Å². The van der Waals surface area contributed by atoms with E-state index >= 15 is 0 Å². The maximum absolute atomic E-state index is 11.7. The number of para-hydroxylation sites is 1. The van der Waals surface area contributed by atoms with Gasteiger partial charge < -0.3 is 0 Å². The fourth-order valence-electron chi connectivity index (χ4n) is 1.79. The van der Waals surface area contributed by atoms with Gasteiger partial charge in [0.15, 0.2) is 5.69 Å². The Morgan fingerprint density at radius 2 is 1.89 bits per heavy atom. The predicted molar refractivity (Wildman–Crippen MR) is 71.0 cm³/mol. The van der Waals surface area contributed by atoms with Crippen LogP contribution in [0.2, 0.25) is 0 Å². The lowest BCUT2D eigenvalue weighted by Crippen LogP contribution is -2.35. The molecule has 0 bridgehead atoms. The molecule has 0 aliphatic heterocycles. The van der Waals surface area contributed by atoms with E-state index in [9.17, 15) is 9.59 Å². The number of nitrogens with one attached hydrogen (secondary N) is 2. The van der Waals surface area contributed by atoms with Crippen molar-refractivity contribution in [2.45, 2.75) is 13.8 Å². The minimum Gasteiger partial charge on any atom is -0.289 e. The van der Waals surface area contributed by atoms with Gasteiger partial charge in [-0.2, -0.15) is 9.94 Å². The van der Waals surface area contributed by atoms with Crippen LogP contribution in [-0.2, 0) is 0 Å². The molecule has 1 heterocycles. The molecule has 0 aliphatic carbocycles. The number of benzene rings is 1. The Morgan fingerprint density at radius 3 is 2.47 bits per heavy atom. The first-order valence-corrected chi connectivity index (χ1v) is 5.62. The van der Waals surface area contributed by atoms with Crippen molar-refractivity contribution in [3.8, 4) is 6.07 Å². The fraction of sp³-hybridized carbons (Fsp3) is 0.154. The summed E-state index contributed by atoms with van der Waals surface area (Å²) in [6, 6.07) is 8.56. The van der Waals surface area contributed by atoms with Crippen molar-refractivity contribution in [1.82, 2.24) is 9.66 Å². The SMILES string of the molecule is Cc1cccc(C)c1Nn1c(C#N)cc(=O)[nH]c1=O. The number of aryl methyl sites for hydroxylation is 2. The monoisotopic (exact) mass is 256 g/mol. The number of hydrogen-bond acceptors (Lipinski definition) is 4. The van der Waals surface area contributed by atoms with Gasteiger partial charge in [-0.05, 0) is 25.0 Å². The van der Waals surface area contributed by atoms with Crippen molar-refractivity contribution in [1.29, 1.82) is 5.26 Å². The topological polar surface area (TPSA) is 90.7 Å². The van der Waals surface area contributed by atoms with Gasteiger partial charge >= 0.3 is 5.69 Å². The molecule has 6 heteroatoms. The highest BCUT2D eigenvalue weighted by Crippen LogP contribution is 2.19. The van der Waals surface area contributed by atoms with E-state index in [0.29, 0.717) is 0 Å². The maximum Gasteiger partial charge on any atom is 0.348 e. The van der Waals surface area contributed by atoms with Crippen LogP contribution in [0.15, 0.2) is 33.9 Å². The van der Waals surface area contributed by atoms with Gasteiger partial charge in [0.25, 0.3) is 5.56 Å². The van der Waals surface area contributed by atoms with Crippen LogP contribution in [0, 0.1) is 25.2 Å². The first-order chi connectivity index (χ1) is 9.02. The summed E-state index contributed by atoms with van der Waals surface area (Å²) in [5.41, 5.74) is 4.15. The summed E-state index contributed by atoms with van der Waals surface area (Å²) in [6.07, 6.45) is 0. The molecule has 0 unspecified atom stereocenters. The second-order valence-corrected chi connectivity index (χ2v) is 4.15. The number of hydrogen-bond donors (Lipinski definition) is 2. The van der Waals surface area contributed by atoms with E-state index in [1.807, 2.05) is 38.1 Å². The number of aromatic amines is 1. The molecule has 0 fully saturated rings. The van der Waals surface area contributed by atoms with Gasteiger partial charge in [-0.1, -0.05) is 18.2 Å². The zero-order valence-corrected chi connectivity index (χ0v) is 10.5. The van der Waals surface area contributed by atoms with E-state index in [4.69, 9.17) is 5.26 Å². The van der Waals surface area contributed by atoms with Crippen LogP contribution in [0.3, 0.4) is 0 Å². The second-order valence-electron chi connectivity index (χ2n) is 4.15. The third-order valence-electron chi connectivity index (χ3n) is 2.76. The van der Waals surface area contributed by atoms with Crippen molar-refractivity contribution in [2.75, 3.05) is 5.43 Å². The Hall–Kier alpha value is -2.81. The quantitative estimate of drug-likeness (QED) is 0.835. The van der Waals surface area contributed by atoms with Crippen molar-refractivity contribution < 1.29 is 0 Å². The van der Waals surface area contributed by atoms with Gasteiger partial charge in [0, 0.05) is 6.07 Å². The summed E-state index contributed by atoms with van der Waals surface area (Å²) < 4.78 is 1.02. The summed E-state index contributed by atoms with van der Waals surface area (Å²) >= 11 is 0. The number of nitrogens with zero attached hydrogens (tertiary/aromatic N) is 2. The van der Waals surface area contributed by atoms with Gasteiger partial charge in [0.1, 0.15) is 6.07 Å².